The molecule has 0 saturated heterocycles. The molecule has 1 saturated carbocycles. The van der Waals surface area contributed by atoms with Gasteiger partial charge in [-0.15, -0.1) is 0 Å². The molecule has 1 aliphatic carbocycles. The van der Waals surface area contributed by atoms with Gasteiger partial charge in [0.05, 0.1) is 0 Å². The third-order valence-electron chi connectivity index (χ3n) is 4.04. The van der Waals surface area contributed by atoms with Crippen molar-refractivity contribution in [2.24, 2.45) is 0 Å². The van der Waals surface area contributed by atoms with Gasteiger partial charge < -0.3 is 5.32 Å². The Hall–Kier alpha value is -0.830. The lowest BCUT2D eigenvalue weighted by Crippen LogP contribution is -2.40. The summed E-state index contributed by atoms with van der Waals surface area (Å²) < 4.78 is 0. The molecule has 0 aliphatic heterocycles. The number of hydrogen-bond donors (Lipinski definition) is 1. The molecule has 2 atom stereocenters. The Bertz CT molecular complexity index is 429. The lowest BCUT2D eigenvalue weighted by molar-refractivity contribution is -0.121. The van der Waals surface area contributed by atoms with E-state index < -0.39 is 0 Å². The normalized spacial score (nSPS) is 23.1. The maximum atomic E-state index is 12.1. The third-order valence-corrected chi connectivity index (χ3v) is 5.14. The van der Waals surface area contributed by atoms with E-state index in [-0.39, 0.29) is 5.91 Å². The van der Waals surface area contributed by atoms with Crippen LogP contribution in [0.1, 0.15) is 49.7 Å². The van der Waals surface area contributed by atoms with Crippen LogP contribution in [0, 0.1) is 6.92 Å². The number of halogens is 1. The largest absolute Gasteiger partial charge is 0.352 e. The molecule has 0 aromatic heterocycles. The lowest BCUT2D eigenvalue weighted by Gasteiger charge is -2.21. The summed E-state index contributed by atoms with van der Waals surface area (Å²) in [5, 5.41) is 3.20. The molecule has 2 nitrogen and oxygen atoms in total. The average molecular weight is 338 g/mol. The Labute approximate surface area is 130 Å². The highest BCUT2D eigenvalue weighted by atomic mass is 79.9. The van der Waals surface area contributed by atoms with Gasteiger partial charge in [0.1, 0.15) is 0 Å². The molecule has 0 bridgehead atoms. The molecule has 1 aromatic rings. The number of amides is 1. The fourth-order valence-electron chi connectivity index (χ4n) is 2.72. The predicted octanol–water partition coefficient (Wildman–Crippen LogP) is 4.14. The first-order valence-electron chi connectivity index (χ1n) is 7.64. The van der Waals surface area contributed by atoms with Crippen LogP contribution in [0.5, 0.6) is 0 Å². The summed E-state index contributed by atoms with van der Waals surface area (Å²) in [5.74, 6) is 0.182. The molecule has 0 heterocycles. The fraction of sp³-hybridized carbons (Fsp3) is 0.588. The van der Waals surface area contributed by atoms with Crippen molar-refractivity contribution in [2.45, 2.75) is 62.7 Å². The maximum absolute atomic E-state index is 12.1. The Morgan fingerprint density at radius 2 is 1.90 bits per heavy atom. The van der Waals surface area contributed by atoms with Crippen molar-refractivity contribution in [2.75, 3.05) is 0 Å². The fourth-order valence-corrected chi connectivity index (χ4v) is 3.44. The lowest BCUT2D eigenvalue weighted by atomic mass is 10.1. The second kappa shape index (κ2) is 7.82. The minimum Gasteiger partial charge on any atom is -0.352 e. The van der Waals surface area contributed by atoms with Crippen LogP contribution < -0.4 is 5.32 Å². The van der Waals surface area contributed by atoms with Gasteiger partial charge in [0.15, 0.2) is 0 Å². The smallest absolute Gasteiger partial charge is 0.220 e. The zero-order valence-corrected chi connectivity index (χ0v) is 13.8. The number of rotatable bonds is 4. The Balaban J connectivity index is 1.78. The van der Waals surface area contributed by atoms with Crippen LogP contribution in [-0.4, -0.2) is 16.8 Å². The highest BCUT2D eigenvalue weighted by molar-refractivity contribution is 9.09. The molecule has 1 aromatic carbocycles. The van der Waals surface area contributed by atoms with Crippen molar-refractivity contribution in [3.05, 3.63) is 35.4 Å². The summed E-state index contributed by atoms with van der Waals surface area (Å²) in [5.41, 5.74) is 2.50. The van der Waals surface area contributed by atoms with E-state index in [9.17, 15) is 4.79 Å². The molecule has 1 fully saturated rings. The zero-order chi connectivity index (χ0) is 14.4. The molecule has 1 amide bonds. The summed E-state index contributed by atoms with van der Waals surface area (Å²) in [6, 6.07) is 8.74. The van der Waals surface area contributed by atoms with Gasteiger partial charge in [-0.25, -0.2) is 0 Å². The molecule has 2 unspecified atom stereocenters. The second-order valence-electron chi connectivity index (χ2n) is 5.81. The second-order valence-corrected chi connectivity index (χ2v) is 6.99. The minimum atomic E-state index is 0.182. The number of alkyl halides is 1. The Morgan fingerprint density at radius 1 is 1.20 bits per heavy atom. The van der Waals surface area contributed by atoms with E-state index in [2.05, 4.69) is 52.4 Å². The average Bonchev–Trinajstić information content (AvgIpc) is 2.64. The van der Waals surface area contributed by atoms with Gasteiger partial charge in [-0.2, -0.15) is 0 Å². The van der Waals surface area contributed by atoms with Crippen molar-refractivity contribution >= 4 is 21.8 Å². The molecule has 0 spiro atoms. The number of carbonyl (C=O) groups is 1. The molecular weight excluding hydrogens is 314 g/mol. The van der Waals surface area contributed by atoms with Crippen LogP contribution in [0.15, 0.2) is 24.3 Å². The van der Waals surface area contributed by atoms with Gasteiger partial charge in [-0.1, -0.05) is 65.0 Å². The number of carbonyl (C=O) groups excluding carboxylic acids is 1. The van der Waals surface area contributed by atoms with Crippen LogP contribution in [-0.2, 0) is 11.2 Å². The van der Waals surface area contributed by atoms with Crippen molar-refractivity contribution in [1.29, 1.82) is 0 Å². The van der Waals surface area contributed by atoms with Gasteiger partial charge in [0.25, 0.3) is 0 Å². The van der Waals surface area contributed by atoms with E-state index in [0.717, 1.165) is 12.8 Å². The maximum Gasteiger partial charge on any atom is 0.220 e. The molecule has 1 aliphatic rings. The third kappa shape index (κ3) is 4.93. The Kier molecular flexibility index (Phi) is 6.08. The molecule has 20 heavy (non-hydrogen) atoms. The SMILES string of the molecule is Cc1ccc(CCC(=O)NC2CCCCCC2Br)cc1. The summed E-state index contributed by atoms with van der Waals surface area (Å²) in [7, 11) is 0. The molecule has 110 valence electrons. The highest BCUT2D eigenvalue weighted by Gasteiger charge is 2.22. The molecule has 1 N–H and O–H groups in total. The van der Waals surface area contributed by atoms with E-state index in [1.165, 1.54) is 36.8 Å². The van der Waals surface area contributed by atoms with Gasteiger partial charge in [-0.05, 0) is 31.7 Å². The number of benzene rings is 1. The topological polar surface area (TPSA) is 29.1 Å². The van der Waals surface area contributed by atoms with Crippen molar-refractivity contribution in [3.8, 4) is 0 Å². The Morgan fingerprint density at radius 3 is 2.65 bits per heavy atom. The van der Waals surface area contributed by atoms with E-state index in [0.29, 0.717) is 17.3 Å². The minimum absolute atomic E-state index is 0.182. The standard InChI is InChI=1S/C17H24BrNO/c1-13-7-9-14(10-8-13)11-12-17(20)19-16-6-4-2-3-5-15(16)18/h7-10,15-16H,2-6,11-12H2,1H3,(H,19,20). The monoisotopic (exact) mass is 337 g/mol. The van der Waals surface area contributed by atoms with Gasteiger partial charge >= 0.3 is 0 Å². The highest BCUT2D eigenvalue weighted by Crippen LogP contribution is 2.23. The van der Waals surface area contributed by atoms with Crippen LogP contribution in [0.3, 0.4) is 0 Å². The molecule has 3 heteroatoms. The first-order chi connectivity index (χ1) is 9.65. The quantitative estimate of drug-likeness (QED) is 0.649. The molecular formula is C17H24BrNO. The van der Waals surface area contributed by atoms with Gasteiger partial charge in [0.2, 0.25) is 5.91 Å². The first kappa shape index (κ1) is 15.6. The van der Waals surface area contributed by atoms with Crippen molar-refractivity contribution in [3.63, 3.8) is 0 Å². The van der Waals surface area contributed by atoms with Crippen molar-refractivity contribution < 1.29 is 4.79 Å². The van der Waals surface area contributed by atoms with E-state index in [1.807, 2.05) is 0 Å². The van der Waals surface area contributed by atoms with E-state index in [4.69, 9.17) is 0 Å². The first-order valence-corrected chi connectivity index (χ1v) is 8.55. The van der Waals surface area contributed by atoms with Crippen LogP contribution in [0.25, 0.3) is 0 Å². The number of hydrogen-bond acceptors (Lipinski definition) is 1. The molecule has 0 radical (unpaired) electrons. The van der Waals surface area contributed by atoms with Gasteiger partial charge in [-0.3, -0.25) is 4.79 Å². The van der Waals surface area contributed by atoms with Crippen LogP contribution >= 0.6 is 15.9 Å². The molecule has 2 rings (SSSR count). The summed E-state index contributed by atoms with van der Waals surface area (Å²) >= 11 is 3.72. The summed E-state index contributed by atoms with van der Waals surface area (Å²) in [6.45, 7) is 2.08. The van der Waals surface area contributed by atoms with Gasteiger partial charge in [0, 0.05) is 17.3 Å². The van der Waals surface area contributed by atoms with Crippen LogP contribution in [0.2, 0.25) is 0 Å². The number of aryl methyl sites for hydroxylation is 2. The predicted molar refractivity (Wildman–Crippen MR) is 87.2 cm³/mol. The van der Waals surface area contributed by atoms with Crippen molar-refractivity contribution in [1.82, 2.24) is 5.32 Å². The summed E-state index contributed by atoms with van der Waals surface area (Å²) in [4.78, 5) is 12.5. The van der Waals surface area contributed by atoms with E-state index in [1.54, 1.807) is 0 Å². The van der Waals surface area contributed by atoms with Crippen LogP contribution in [0.4, 0.5) is 0 Å². The zero-order valence-electron chi connectivity index (χ0n) is 12.2. The number of nitrogens with one attached hydrogen (secondary N) is 1. The van der Waals surface area contributed by atoms with E-state index >= 15 is 0 Å². The summed E-state index contributed by atoms with van der Waals surface area (Å²) in [6.07, 6.45) is 7.47.